The van der Waals surface area contributed by atoms with Crippen molar-refractivity contribution in [2.45, 2.75) is 31.8 Å². The van der Waals surface area contributed by atoms with E-state index in [1.54, 1.807) is 24.4 Å². The molecule has 3 rings (SSSR count). The fourth-order valence-electron chi connectivity index (χ4n) is 3.25. The second-order valence-corrected chi connectivity index (χ2v) is 6.49. The van der Waals surface area contributed by atoms with Crippen molar-refractivity contribution in [3.05, 3.63) is 54.2 Å². The van der Waals surface area contributed by atoms with Crippen LogP contribution in [-0.4, -0.2) is 47.5 Å². The van der Waals surface area contributed by atoms with Crippen LogP contribution in [0.2, 0.25) is 0 Å². The SMILES string of the molecule is CN(Cc1ccccn1)C(=O)NCC(c1ccco1)N1CCCCC1. The summed E-state index contributed by atoms with van der Waals surface area (Å²) in [6.45, 7) is 3.12. The van der Waals surface area contributed by atoms with E-state index >= 15 is 0 Å². The van der Waals surface area contributed by atoms with Gasteiger partial charge in [0.05, 0.1) is 24.5 Å². The molecule has 0 radical (unpaired) electrons. The number of aromatic nitrogens is 1. The van der Waals surface area contributed by atoms with Crippen LogP contribution in [0.3, 0.4) is 0 Å². The molecule has 6 heteroatoms. The third-order valence-corrected chi connectivity index (χ3v) is 4.62. The van der Waals surface area contributed by atoms with Crippen LogP contribution in [0.1, 0.15) is 36.8 Å². The molecule has 134 valence electrons. The summed E-state index contributed by atoms with van der Waals surface area (Å²) in [5.74, 6) is 0.912. The molecule has 0 aliphatic carbocycles. The molecule has 1 aliphatic heterocycles. The number of urea groups is 1. The average Bonchev–Trinajstić information content (AvgIpc) is 3.18. The Morgan fingerprint density at radius 1 is 1.28 bits per heavy atom. The molecule has 0 bridgehead atoms. The fraction of sp³-hybridized carbons (Fsp3) is 0.474. The zero-order chi connectivity index (χ0) is 17.5. The van der Waals surface area contributed by atoms with Gasteiger partial charge in [-0.05, 0) is 50.2 Å². The Kier molecular flexibility index (Phi) is 6.06. The van der Waals surface area contributed by atoms with Gasteiger partial charge in [-0.15, -0.1) is 0 Å². The van der Waals surface area contributed by atoms with Crippen LogP contribution in [0.25, 0.3) is 0 Å². The molecule has 1 atom stereocenters. The summed E-state index contributed by atoms with van der Waals surface area (Å²) in [6, 6.07) is 9.60. The van der Waals surface area contributed by atoms with Crippen molar-refractivity contribution in [3.63, 3.8) is 0 Å². The van der Waals surface area contributed by atoms with Gasteiger partial charge < -0.3 is 14.6 Å². The van der Waals surface area contributed by atoms with Gasteiger partial charge in [-0.2, -0.15) is 0 Å². The number of likely N-dealkylation sites (tertiary alicyclic amines) is 1. The maximum Gasteiger partial charge on any atom is 0.317 e. The monoisotopic (exact) mass is 342 g/mol. The quantitative estimate of drug-likeness (QED) is 0.876. The van der Waals surface area contributed by atoms with Gasteiger partial charge in [0.15, 0.2) is 0 Å². The molecule has 1 N–H and O–H groups in total. The summed E-state index contributed by atoms with van der Waals surface area (Å²) in [5, 5.41) is 3.05. The van der Waals surface area contributed by atoms with E-state index in [1.165, 1.54) is 19.3 Å². The molecule has 1 saturated heterocycles. The van der Waals surface area contributed by atoms with E-state index in [0.717, 1.165) is 24.5 Å². The number of rotatable bonds is 6. The molecule has 25 heavy (non-hydrogen) atoms. The maximum atomic E-state index is 12.4. The van der Waals surface area contributed by atoms with E-state index in [1.807, 2.05) is 30.3 Å². The smallest absolute Gasteiger partial charge is 0.317 e. The van der Waals surface area contributed by atoms with Crippen molar-refractivity contribution in [2.24, 2.45) is 0 Å². The molecule has 2 aromatic rings. The number of hydrogen-bond donors (Lipinski definition) is 1. The highest BCUT2D eigenvalue weighted by Crippen LogP contribution is 2.24. The number of amides is 2. The molecule has 0 spiro atoms. The minimum Gasteiger partial charge on any atom is -0.468 e. The second kappa shape index (κ2) is 8.67. The Bertz CT molecular complexity index is 639. The summed E-state index contributed by atoms with van der Waals surface area (Å²) in [4.78, 5) is 20.8. The van der Waals surface area contributed by atoms with Gasteiger partial charge in [-0.1, -0.05) is 12.5 Å². The van der Waals surface area contributed by atoms with E-state index in [-0.39, 0.29) is 12.1 Å². The van der Waals surface area contributed by atoms with Crippen LogP contribution in [-0.2, 0) is 6.54 Å². The molecular formula is C19H26N4O2. The van der Waals surface area contributed by atoms with Crippen molar-refractivity contribution < 1.29 is 9.21 Å². The number of nitrogens with zero attached hydrogens (tertiary/aromatic N) is 3. The second-order valence-electron chi connectivity index (χ2n) is 6.49. The Balaban J connectivity index is 1.57. The number of pyridine rings is 1. The van der Waals surface area contributed by atoms with Crippen LogP contribution in [0.4, 0.5) is 4.79 Å². The lowest BCUT2D eigenvalue weighted by molar-refractivity contribution is 0.140. The van der Waals surface area contributed by atoms with Crippen LogP contribution < -0.4 is 5.32 Å². The van der Waals surface area contributed by atoms with Crippen LogP contribution in [0.5, 0.6) is 0 Å². The number of furan rings is 1. The largest absolute Gasteiger partial charge is 0.468 e. The van der Waals surface area contributed by atoms with Crippen molar-refractivity contribution >= 4 is 6.03 Å². The molecule has 6 nitrogen and oxygen atoms in total. The lowest BCUT2D eigenvalue weighted by Crippen LogP contribution is -2.44. The number of hydrogen-bond acceptors (Lipinski definition) is 4. The minimum atomic E-state index is -0.0979. The third kappa shape index (κ3) is 4.82. The summed E-state index contributed by atoms with van der Waals surface area (Å²) in [6.07, 6.45) is 7.11. The molecule has 0 aromatic carbocycles. The molecule has 2 aromatic heterocycles. The van der Waals surface area contributed by atoms with Gasteiger partial charge in [0.2, 0.25) is 0 Å². The first-order chi connectivity index (χ1) is 12.2. The maximum absolute atomic E-state index is 12.4. The fourth-order valence-corrected chi connectivity index (χ4v) is 3.25. The zero-order valence-corrected chi connectivity index (χ0v) is 14.7. The predicted octanol–water partition coefficient (Wildman–Crippen LogP) is 3.04. The van der Waals surface area contributed by atoms with Gasteiger partial charge in [-0.3, -0.25) is 9.88 Å². The molecular weight excluding hydrogens is 316 g/mol. The highest BCUT2D eigenvalue weighted by atomic mass is 16.3. The highest BCUT2D eigenvalue weighted by molar-refractivity contribution is 5.73. The molecule has 0 saturated carbocycles. The zero-order valence-electron chi connectivity index (χ0n) is 14.7. The molecule has 1 unspecified atom stereocenters. The van der Waals surface area contributed by atoms with Crippen molar-refractivity contribution in [1.82, 2.24) is 20.1 Å². The van der Waals surface area contributed by atoms with Crippen molar-refractivity contribution in [3.8, 4) is 0 Å². The first kappa shape index (κ1) is 17.5. The Hall–Kier alpha value is -2.34. The summed E-state index contributed by atoms with van der Waals surface area (Å²) < 4.78 is 5.62. The minimum absolute atomic E-state index is 0.0856. The van der Waals surface area contributed by atoms with Crippen LogP contribution >= 0.6 is 0 Å². The average molecular weight is 342 g/mol. The predicted molar refractivity (Wildman–Crippen MR) is 96.0 cm³/mol. The van der Waals surface area contributed by atoms with E-state index in [4.69, 9.17) is 4.42 Å². The van der Waals surface area contributed by atoms with Crippen LogP contribution in [0, 0.1) is 0 Å². The first-order valence-corrected chi connectivity index (χ1v) is 8.90. The van der Waals surface area contributed by atoms with E-state index < -0.39 is 0 Å². The molecule has 1 aliphatic rings. The molecule has 1 fully saturated rings. The Morgan fingerprint density at radius 3 is 2.80 bits per heavy atom. The number of carbonyl (C=O) groups is 1. The van der Waals surface area contributed by atoms with Gasteiger partial charge >= 0.3 is 6.03 Å². The number of nitrogens with one attached hydrogen (secondary N) is 1. The van der Waals surface area contributed by atoms with Crippen molar-refractivity contribution in [1.29, 1.82) is 0 Å². The molecule has 3 heterocycles. The molecule has 2 amide bonds. The topological polar surface area (TPSA) is 61.6 Å². The van der Waals surface area contributed by atoms with Crippen molar-refractivity contribution in [2.75, 3.05) is 26.7 Å². The Labute approximate surface area is 148 Å². The summed E-state index contributed by atoms with van der Waals surface area (Å²) >= 11 is 0. The summed E-state index contributed by atoms with van der Waals surface area (Å²) in [5.41, 5.74) is 0.874. The third-order valence-electron chi connectivity index (χ3n) is 4.62. The van der Waals surface area contributed by atoms with E-state index in [2.05, 4.69) is 15.2 Å². The summed E-state index contributed by atoms with van der Waals surface area (Å²) in [7, 11) is 1.78. The van der Waals surface area contributed by atoms with Gasteiger partial charge in [0.25, 0.3) is 0 Å². The van der Waals surface area contributed by atoms with Gasteiger partial charge in [0, 0.05) is 19.8 Å². The van der Waals surface area contributed by atoms with E-state index in [9.17, 15) is 4.79 Å². The lowest BCUT2D eigenvalue weighted by atomic mass is 10.1. The standard InChI is InChI=1S/C19H26N4O2/c1-22(15-16-8-3-4-10-20-16)19(24)21-14-17(18-9-7-13-25-18)23-11-5-2-6-12-23/h3-4,7-10,13,17H,2,5-6,11-12,14-15H2,1H3,(H,21,24). The Morgan fingerprint density at radius 2 is 2.12 bits per heavy atom. The number of piperidine rings is 1. The normalized spacial score (nSPS) is 16.4. The lowest BCUT2D eigenvalue weighted by Gasteiger charge is -2.33. The van der Waals surface area contributed by atoms with Gasteiger partial charge in [-0.25, -0.2) is 4.79 Å². The van der Waals surface area contributed by atoms with Gasteiger partial charge in [0.1, 0.15) is 5.76 Å². The number of carbonyl (C=O) groups excluding carboxylic acids is 1. The van der Waals surface area contributed by atoms with E-state index in [0.29, 0.717) is 13.1 Å². The van der Waals surface area contributed by atoms with Crippen LogP contribution in [0.15, 0.2) is 47.2 Å². The highest BCUT2D eigenvalue weighted by Gasteiger charge is 2.25. The first-order valence-electron chi connectivity index (χ1n) is 8.90.